The Hall–Kier alpha value is -1.74. The van der Waals surface area contributed by atoms with Crippen LogP contribution < -0.4 is 0 Å². The van der Waals surface area contributed by atoms with Crippen LogP contribution in [-0.4, -0.2) is 30.0 Å². The highest BCUT2D eigenvalue weighted by Crippen LogP contribution is 2.22. The minimum absolute atomic E-state index is 0.356. The molecular weight excluding hydrogens is 328 g/mol. The van der Waals surface area contributed by atoms with E-state index in [-0.39, 0.29) is 13.2 Å². The second kappa shape index (κ2) is 8.04. The Bertz CT molecular complexity index is 702. The Balaban J connectivity index is 3.36. The van der Waals surface area contributed by atoms with Crippen LogP contribution in [-0.2, 0) is 28.6 Å². The van der Waals surface area contributed by atoms with Gasteiger partial charge in [-0.3, -0.25) is 8.37 Å². The Kier molecular flexibility index (Phi) is 6.69. The van der Waals surface area contributed by atoms with Gasteiger partial charge in [0.1, 0.15) is 0 Å². The van der Waals surface area contributed by atoms with Crippen molar-refractivity contribution in [3.63, 3.8) is 0 Å². The summed E-state index contributed by atoms with van der Waals surface area (Å²) in [5, 5.41) is 0. The van der Waals surface area contributed by atoms with Crippen molar-refractivity contribution in [2.24, 2.45) is 0 Å². The molecule has 0 aliphatic heterocycles. The summed E-state index contributed by atoms with van der Waals surface area (Å²) in [4.78, 5) is 0. The van der Waals surface area contributed by atoms with Gasteiger partial charge < -0.3 is 0 Å². The zero-order valence-electron chi connectivity index (χ0n) is 11.7. The summed E-state index contributed by atoms with van der Waals surface area (Å²) >= 11 is 0. The highest BCUT2D eigenvalue weighted by atomic mass is 32.3. The van der Waals surface area contributed by atoms with Crippen LogP contribution in [0.15, 0.2) is 59.9 Å². The summed E-state index contributed by atoms with van der Waals surface area (Å²) in [5.41, 5.74) is 0.369. The first-order valence-corrected chi connectivity index (χ1v) is 8.92. The molecule has 22 heavy (non-hydrogen) atoms. The van der Waals surface area contributed by atoms with E-state index in [9.17, 15) is 16.8 Å². The largest absolute Gasteiger partial charge is 0.310 e. The van der Waals surface area contributed by atoms with Gasteiger partial charge in [-0.05, 0) is 11.6 Å². The average molecular weight is 344 g/mol. The van der Waals surface area contributed by atoms with Crippen LogP contribution in [0.5, 0.6) is 0 Å². The first-order valence-electron chi connectivity index (χ1n) is 6.11. The highest BCUT2D eigenvalue weighted by Gasteiger charge is 2.32. The van der Waals surface area contributed by atoms with Crippen LogP contribution >= 0.6 is 0 Å². The minimum atomic E-state index is -4.53. The van der Waals surface area contributed by atoms with Crippen LogP contribution in [0.25, 0.3) is 6.08 Å². The maximum Gasteiger partial charge on any atom is 0.310 e. The molecule has 0 amide bonds. The molecule has 120 valence electrons. The van der Waals surface area contributed by atoms with Crippen molar-refractivity contribution in [2.45, 2.75) is 0 Å². The molecule has 0 bridgehead atoms. The van der Waals surface area contributed by atoms with Crippen molar-refractivity contribution in [1.82, 2.24) is 0 Å². The minimum Gasteiger partial charge on any atom is -0.262 e. The standard InChI is InChI=1S/C14H16O6S2/c1-3-10-19-21(15,16)14(22(17,18)20-11-4-2)12-13-8-6-5-7-9-13/h3-9,12H,1-2,10-11H2. The Morgan fingerprint density at radius 1 is 0.909 bits per heavy atom. The lowest BCUT2D eigenvalue weighted by Crippen LogP contribution is -2.19. The van der Waals surface area contributed by atoms with Crippen molar-refractivity contribution in [1.29, 1.82) is 0 Å². The molecular formula is C14H16O6S2. The van der Waals surface area contributed by atoms with Gasteiger partial charge >= 0.3 is 20.2 Å². The zero-order valence-corrected chi connectivity index (χ0v) is 13.3. The van der Waals surface area contributed by atoms with Gasteiger partial charge in [-0.15, -0.1) is 13.2 Å². The summed E-state index contributed by atoms with van der Waals surface area (Å²) in [6.45, 7) is 5.92. The topological polar surface area (TPSA) is 86.7 Å². The predicted octanol–water partition coefficient (Wildman–Crippen LogP) is 2.05. The average Bonchev–Trinajstić information content (AvgIpc) is 2.49. The van der Waals surface area contributed by atoms with E-state index in [4.69, 9.17) is 0 Å². The molecule has 0 heterocycles. The fourth-order valence-electron chi connectivity index (χ4n) is 1.35. The summed E-state index contributed by atoms with van der Waals surface area (Å²) in [7, 11) is -9.06. The fourth-order valence-corrected chi connectivity index (χ4v) is 3.98. The third kappa shape index (κ3) is 5.23. The molecule has 0 aromatic heterocycles. The molecule has 0 saturated carbocycles. The Morgan fingerprint density at radius 2 is 1.36 bits per heavy atom. The Morgan fingerprint density at radius 3 is 1.77 bits per heavy atom. The van der Waals surface area contributed by atoms with Gasteiger partial charge in [0.2, 0.25) is 4.24 Å². The van der Waals surface area contributed by atoms with E-state index in [1.807, 2.05) is 0 Å². The van der Waals surface area contributed by atoms with E-state index in [2.05, 4.69) is 21.5 Å². The van der Waals surface area contributed by atoms with Crippen LogP contribution in [0.2, 0.25) is 0 Å². The summed E-state index contributed by atoms with van der Waals surface area (Å²) in [5.74, 6) is 0. The molecule has 1 aromatic carbocycles. The van der Waals surface area contributed by atoms with Crippen molar-refractivity contribution >= 4 is 26.3 Å². The summed E-state index contributed by atoms with van der Waals surface area (Å²) in [6, 6.07) is 8.08. The molecule has 0 N–H and O–H groups in total. The number of rotatable bonds is 9. The highest BCUT2D eigenvalue weighted by molar-refractivity contribution is 8.10. The lowest BCUT2D eigenvalue weighted by molar-refractivity contribution is 0.354. The van der Waals surface area contributed by atoms with E-state index >= 15 is 0 Å². The predicted molar refractivity (Wildman–Crippen MR) is 84.6 cm³/mol. The van der Waals surface area contributed by atoms with Crippen molar-refractivity contribution < 1.29 is 25.2 Å². The van der Waals surface area contributed by atoms with Crippen LogP contribution in [0.3, 0.4) is 0 Å². The summed E-state index contributed by atoms with van der Waals surface area (Å²) in [6.07, 6.45) is 3.35. The van der Waals surface area contributed by atoms with Gasteiger partial charge in [0, 0.05) is 0 Å². The SMILES string of the molecule is C=CCOS(=O)(=O)C(=Cc1ccccc1)S(=O)(=O)OCC=C. The quantitative estimate of drug-likeness (QED) is 0.503. The van der Waals surface area contributed by atoms with E-state index in [0.29, 0.717) is 5.56 Å². The van der Waals surface area contributed by atoms with Crippen LogP contribution in [0, 0.1) is 0 Å². The van der Waals surface area contributed by atoms with Gasteiger partial charge in [-0.2, -0.15) is 16.8 Å². The van der Waals surface area contributed by atoms with Gasteiger partial charge in [0.25, 0.3) is 0 Å². The zero-order chi connectivity index (χ0) is 16.6. The first kappa shape index (κ1) is 18.3. The second-order valence-electron chi connectivity index (χ2n) is 3.93. The maximum absolute atomic E-state index is 12.1. The molecule has 0 spiro atoms. The fraction of sp³-hybridized carbons (Fsp3) is 0.143. The van der Waals surface area contributed by atoms with Crippen LogP contribution in [0.4, 0.5) is 0 Å². The molecule has 0 aliphatic rings. The van der Waals surface area contributed by atoms with Gasteiger partial charge in [0.05, 0.1) is 13.2 Å². The van der Waals surface area contributed by atoms with E-state index < -0.39 is 24.5 Å². The molecule has 0 radical (unpaired) electrons. The lowest BCUT2D eigenvalue weighted by Gasteiger charge is -2.09. The Labute approximate surface area is 130 Å². The second-order valence-corrected chi connectivity index (χ2v) is 7.35. The molecule has 1 aromatic rings. The van der Waals surface area contributed by atoms with Gasteiger partial charge in [0.15, 0.2) is 0 Å². The third-order valence-corrected chi connectivity index (χ3v) is 5.60. The van der Waals surface area contributed by atoms with Gasteiger partial charge in [-0.1, -0.05) is 42.5 Å². The van der Waals surface area contributed by atoms with E-state index in [1.165, 1.54) is 12.2 Å². The normalized spacial score (nSPS) is 11.6. The van der Waals surface area contributed by atoms with Crippen molar-refractivity contribution in [3.8, 4) is 0 Å². The monoisotopic (exact) mass is 344 g/mol. The van der Waals surface area contributed by atoms with E-state index in [1.54, 1.807) is 30.3 Å². The molecule has 0 atom stereocenters. The number of hydrogen-bond acceptors (Lipinski definition) is 6. The number of benzene rings is 1. The molecule has 0 aliphatic carbocycles. The number of hydrogen-bond donors (Lipinski definition) is 0. The molecule has 0 saturated heterocycles. The lowest BCUT2D eigenvalue weighted by atomic mass is 10.2. The first-order chi connectivity index (χ1) is 10.3. The molecule has 8 heteroatoms. The third-order valence-electron chi connectivity index (χ3n) is 2.26. The molecule has 6 nitrogen and oxygen atoms in total. The molecule has 1 rings (SSSR count). The van der Waals surface area contributed by atoms with Crippen LogP contribution in [0.1, 0.15) is 5.56 Å². The van der Waals surface area contributed by atoms with Crippen molar-refractivity contribution in [2.75, 3.05) is 13.2 Å². The summed E-state index contributed by atoms with van der Waals surface area (Å²) < 4.78 is 56.5. The smallest absolute Gasteiger partial charge is 0.262 e. The van der Waals surface area contributed by atoms with Gasteiger partial charge in [-0.25, -0.2) is 0 Å². The van der Waals surface area contributed by atoms with Crippen molar-refractivity contribution in [3.05, 3.63) is 65.4 Å². The molecule has 0 unspecified atom stereocenters. The maximum atomic E-state index is 12.1. The molecule has 0 fully saturated rings. The van der Waals surface area contributed by atoms with E-state index in [0.717, 1.165) is 6.08 Å².